The Bertz CT molecular complexity index is 743. The van der Waals surface area contributed by atoms with E-state index < -0.39 is 0 Å². The second-order valence-electron chi connectivity index (χ2n) is 4.32. The molecule has 2 nitrogen and oxygen atoms in total. The number of hydrogen-bond acceptors (Lipinski definition) is 2. The van der Waals surface area contributed by atoms with Crippen molar-refractivity contribution in [1.29, 1.82) is 0 Å². The second-order valence-corrected chi connectivity index (χ2v) is 5.50. The van der Waals surface area contributed by atoms with Gasteiger partial charge in [-0.1, -0.05) is 28.1 Å². The normalized spacial score (nSPS) is 10.7. The number of nitrogens with zero attached hydrogens (tertiary/aromatic N) is 1. The maximum atomic E-state index is 5.97. The summed E-state index contributed by atoms with van der Waals surface area (Å²) in [6, 6.07) is 17.5. The van der Waals surface area contributed by atoms with Crippen LogP contribution in [-0.4, -0.2) is 4.98 Å². The molecule has 0 saturated heterocycles. The van der Waals surface area contributed by atoms with Gasteiger partial charge in [-0.2, -0.15) is 0 Å². The Labute approximate surface area is 130 Å². The van der Waals surface area contributed by atoms with Crippen LogP contribution in [0.3, 0.4) is 0 Å². The van der Waals surface area contributed by atoms with Crippen molar-refractivity contribution in [3.05, 3.63) is 64.8 Å². The molecule has 0 N–H and O–H groups in total. The molecule has 3 rings (SSSR count). The fourth-order valence-electron chi connectivity index (χ4n) is 1.98. The summed E-state index contributed by atoms with van der Waals surface area (Å²) < 4.78 is 6.99. The number of benzene rings is 2. The number of halogens is 2. The zero-order chi connectivity index (χ0) is 13.9. The molecule has 2 aromatic carbocycles. The van der Waals surface area contributed by atoms with Crippen molar-refractivity contribution in [1.82, 2.24) is 4.98 Å². The van der Waals surface area contributed by atoms with Gasteiger partial charge in [0.05, 0.1) is 17.1 Å². The number of fused-ring (bicyclic) bond motifs is 1. The molecule has 3 aromatic rings. The van der Waals surface area contributed by atoms with Crippen LogP contribution in [0.25, 0.3) is 10.9 Å². The third kappa shape index (κ3) is 2.79. The van der Waals surface area contributed by atoms with Crippen molar-refractivity contribution < 1.29 is 4.74 Å². The maximum Gasteiger partial charge on any atom is 0.138 e. The van der Waals surface area contributed by atoms with Gasteiger partial charge in [-0.05, 0) is 36.4 Å². The number of alkyl halides is 1. The van der Waals surface area contributed by atoms with E-state index >= 15 is 0 Å². The molecule has 0 aliphatic rings. The van der Waals surface area contributed by atoms with Crippen LogP contribution in [0.1, 0.15) is 5.69 Å². The van der Waals surface area contributed by atoms with Gasteiger partial charge in [-0.15, -0.1) is 11.6 Å². The molecule has 4 heteroatoms. The van der Waals surface area contributed by atoms with Gasteiger partial charge in [0.1, 0.15) is 11.5 Å². The van der Waals surface area contributed by atoms with E-state index in [0.717, 1.165) is 32.6 Å². The Hall–Kier alpha value is -1.58. The highest BCUT2D eigenvalue weighted by molar-refractivity contribution is 9.10. The Morgan fingerprint density at radius 2 is 1.80 bits per heavy atom. The van der Waals surface area contributed by atoms with Crippen molar-refractivity contribution in [3.8, 4) is 11.5 Å². The summed E-state index contributed by atoms with van der Waals surface area (Å²) in [5, 5.41) is 0.976. The molecule has 20 heavy (non-hydrogen) atoms. The van der Waals surface area contributed by atoms with Crippen LogP contribution in [-0.2, 0) is 5.88 Å². The number of para-hydroxylation sites is 1. The monoisotopic (exact) mass is 347 g/mol. The van der Waals surface area contributed by atoms with Crippen LogP contribution in [0.5, 0.6) is 11.5 Å². The number of pyridine rings is 1. The third-order valence-corrected chi connectivity index (χ3v) is 3.71. The fourth-order valence-corrected chi connectivity index (χ4v) is 2.38. The molecule has 0 saturated carbocycles. The molecule has 0 spiro atoms. The topological polar surface area (TPSA) is 22.1 Å². The van der Waals surface area contributed by atoms with Gasteiger partial charge in [0.25, 0.3) is 0 Å². The fraction of sp³-hybridized carbons (Fsp3) is 0.0625. The van der Waals surface area contributed by atoms with Crippen molar-refractivity contribution in [2.75, 3.05) is 0 Å². The van der Waals surface area contributed by atoms with Gasteiger partial charge in [0.2, 0.25) is 0 Å². The summed E-state index contributed by atoms with van der Waals surface area (Å²) in [4.78, 5) is 4.49. The lowest BCUT2D eigenvalue weighted by molar-refractivity contribution is 0.487. The highest BCUT2D eigenvalue weighted by atomic mass is 79.9. The average molecular weight is 349 g/mol. The highest BCUT2D eigenvalue weighted by Gasteiger charge is 2.07. The minimum Gasteiger partial charge on any atom is -0.457 e. The lowest BCUT2D eigenvalue weighted by Gasteiger charge is -2.10. The molecule has 0 bridgehead atoms. The van der Waals surface area contributed by atoms with Crippen LogP contribution < -0.4 is 4.74 Å². The standard InChI is InChI=1S/C16H11BrClNO/c17-11-5-7-13(8-6-11)20-16-9-12(10-18)19-15-4-2-1-3-14(15)16/h1-9H,10H2. The molecule has 1 heterocycles. The van der Waals surface area contributed by atoms with Crippen molar-refractivity contribution in [3.63, 3.8) is 0 Å². The summed E-state index contributed by atoms with van der Waals surface area (Å²) in [6.07, 6.45) is 0. The van der Waals surface area contributed by atoms with Crippen LogP contribution >= 0.6 is 27.5 Å². The highest BCUT2D eigenvalue weighted by Crippen LogP contribution is 2.30. The molecule has 0 radical (unpaired) electrons. The van der Waals surface area contributed by atoms with Gasteiger partial charge in [-0.25, -0.2) is 0 Å². The van der Waals surface area contributed by atoms with E-state index in [0.29, 0.717) is 5.88 Å². The predicted molar refractivity (Wildman–Crippen MR) is 85.5 cm³/mol. The quantitative estimate of drug-likeness (QED) is 0.581. The van der Waals surface area contributed by atoms with E-state index in [-0.39, 0.29) is 0 Å². The van der Waals surface area contributed by atoms with Gasteiger partial charge in [0, 0.05) is 15.9 Å². The van der Waals surface area contributed by atoms with E-state index in [9.17, 15) is 0 Å². The number of ether oxygens (including phenoxy) is 1. The van der Waals surface area contributed by atoms with Crippen LogP contribution in [0.4, 0.5) is 0 Å². The smallest absolute Gasteiger partial charge is 0.138 e. The third-order valence-electron chi connectivity index (χ3n) is 2.91. The number of aromatic nitrogens is 1. The van der Waals surface area contributed by atoms with Crippen LogP contribution in [0, 0.1) is 0 Å². The van der Waals surface area contributed by atoms with Crippen LogP contribution in [0.15, 0.2) is 59.1 Å². The minimum absolute atomic E-state index is 0.363. The molecule has 0 fully saturated rings. The molecule has 0 amide bonds. The van der Waals surface area contributed by atoms with E-state index in [1.165, 1.54) is 0 Å². The Balaban J connectivity index is 2.07. The Kier molecular flexibility index (Phi) is 3.90. The van der Waals surface area contributed by atoms with E-state index in [1.807, 2.05) is 54.6 Å². The average Bonchev–Trinajstić information content (AvgIpc) is 2.49. The van der Waals surface area contributed by atoms with E-state index in [4.69, 9.17) is 16.3 Å². The molecule has 0 atom stereocenters. The summed E-state index contributed by atoms with van der Waals surface area (Å²) in [6.45, 7) is 0. The summed E-state index contributed by atoms with van der Waals surface area (Å²) in [5.41, 5.74) is 1.69. The summed E-state index contributed by atoms with van der Waals surface area (Å²) >= 11 is 9.31. The first-order valence-corrected chi connectivity index (χ1v) is 7.47. The Morgan fingerprint density at radius 3 is 2.55 bits per heavy atom. The van der Waals surface area contributed by atoms with E-state index in [1.54, 1.807) is 0 Å². The van der Waals surface area contributed by atoms with Crippen LogP contribution in [0.2, 0.25) is 0 Å². The maximum absolute atomic E-state index is 5.97. The molecule has 0 aliphatic heterocycles. The lowest BCUT2D eigenvalue weighted by atomic mass is 10.2. The number of hydrogen-bond donors (Lipinski definition) is 0. The van der Waals surface area contributed by atoms with E-state index in [2.05, 4.69) is 20.9 Å². The molecular formula is C16H11BrClNO. The van der Waals surface area contributed by atoms with Gasteiger partial charge < -0.3 is 4.74 Å². The minimum atomic E-state index is 0.363. The summed E-state index contributed by atoms with van der Waals surface area (Å²) in [5.74, 6) is 1.92. The first-order chi connectivity index (χ1) is 9.76. The molecule has 0 aliphatic carbocycles. The van der Waals surface area contributed by atoms with Crippen molar-refractivity contribution in [2.24, 2.45) is 0 Å². The Morgan fingerprint density at radius 1 is 1.05 bits per heavy atom. The van der Waals surface area contributed by atoms with Gasteiger partial charge in [0.15, 0.2) is 0 Å². The lowest BCUT2D eigenvalue weighted by Crippen LogP contribution is -1.92. The van der Waals surface area contributed by atoms with Crippen molar-refractivity contribution in [2.45, 2.75) is 5.88 Å². The summed E-state index contributed by atoms with van der Waals surface area (Å²) in [7, 11) is 0. The zero-order valence-corrected chi connectivity index (χ0v) is 12.9. The second kappa shape index (κ2) is 5.81. The largest absolute Gasteiger partial charge is 0.457 e. The van der Waals surface area contributed by atoms with Gasteiger partial charge in [-0.3, -0.25) is 4.98 Å². The first-order valence-electron chi connectivity index (χ1n) is 6.14. The van der Waals surface area contributed by atoms with Gasteiger partial charge >= 0.3 is 0 Å². The molecule has 0 unspecified atom stereocenters. The zero-order valence-electron chi connectivity index (χ0n) is 10.5. The molecule has 100 valence electrons. The molecule has 1 aromatic heterocycles. The van der Waals surface area contributed by atoms with Crippen molar-refractivity contribution >= 4 is 38.4 Å². The SMILES string of the molecule is ClCc1cc(Oc2ccc(Br)cc2)c2ccccc2n1. The first kappa shape index (κ1) is 13.4. The molecular weight excluding hydrogens is 338 g/mol. The number of rotatable bonds is 3. The predicted octanol–water partition coefficient (Wildman–Crippen LogP) is 5.53.